The summed E-state index contributed by atoms with van der Waals surface area (Å²) in [6, 6.07) is 2.18. The number of halogens is 4. The number of nitrogens with zero attached hydrogens (tertiary/aromatic N) is 1. The van der Waals surface area contributed by atoms with Gasteiger partial charge < -0.3 is 0 Å². The zero-order valence-electron chi connectivity index (χ0n) is 7.73. The fraction of sp³-hybridized carbons (Fsp3) is 0.143. The molecule has 1 rings (SSSR count). The molecule has 0 N–H and O–H groups in total. The summed E-state index contributed by atoms with van der Waals surface area (Å²) < 4.78 is 44.2. The third-order valence-electron chi connectivity index (χ3n) is 1.73. The van der Waals surface area contributed by atoms with Gasteiger partial charge in [0.15, 0.2) is 0 Å². The molecule has 5 nitrogen and oxygen atoms in total. The van der Waals surface area contributed by atoms with E-state index in [-0.39, 0.29) is 5.02 Å². The highest BCUT2D eigenvalue weighted by Gasteiger charge is 2.43. The van der Waals surface area contributed by atoms with Crippen molar-refractivity contribution in [2.24, 2.45) is 0 Å². The Bertz CT molecular complexity index is 572. The van der Waals surface area contributed by atoms with Gasteiger partial charge in [0.05, 0.1) is 9.82 Å². The molecule has 0 saturated carbocycles. The first-order valence-corrected chi connectivity index (χ1v) is 6.76. The van der Waals surface area contributed by atoms with Crippen molar-refractivity contribution >= 4 is 49.7 Å². The van der Waals surface area contributed by atoms with Crippen LogP contribution in [-0.4, -0.2) is 16.6 Å². The second kappa shape index (κ2) is 4.61. The molecule has 1 aromatic carbocycles. The van der Waals surface area contributed by atoms with Gasteiger partial charge in [-0.3, -0.25) is 10.1 Å². The average Bonchev–Trinajstić information content (AvgIpc) is 2.15. The van der Waals surface area contributed by atoms with Gasteiger partial charge in [0, 0.05) is 28.7 Å². The largest absolute Gasteiger partial charge is 0.398 e. The number of nitro groups is 1. The van der Waals surface area contributed by atoms with Crippen LogP contribution in [0.4, 0.5) is 14.5 Å². The third-order valence-corrected chi connectivity index (χ3v) is 5.27. The quantitative estimate of drug-likeness (QED) is 0.340. The van der Waals surface area contributed by atoms with Crippen LogP contribution in [-0.2, 0) is 9.84 Å². The normalized spacial score (nSPS) is 12.5. The van der Waals surface area contributed by atoms with Gasteiger partial charge in [0.1, 0.15) is 5.02 Å². The maximum absolute atomic E-state index is 12.8. The van der Waals surface area contributed by atoms with Crippen molar-refractivity contribution in [2.75, 3.05) is 0 Å². The predicted octanol–water partition coefficient (Wildman–Crippen LogP) is 3.01. The van der Waals surface area contributed by atoms with E-state index >= 15 is 0 Å². The average molecular weight is 398 g/mol. The van der Waals surface area contributed by atoms with Crippen molar-refractivity contribution in [1.82, 2.24) is 0 Å². The van der Waals surface area contributed by atoms with E-state index in [1.54, 1.807) is 0 Å². The molecule has 0 aliphatic heterocycles. The monoisotopic (exact) mass is 397 g/mol. The minimum atomic E-state index is -4.96. The Morgan fingerprint density at radius 1 is 1.41 bits per heavy atom. The Morgan fingerprint density at radius 3 is 2.35 bits per heavy atom. The zero-order valence-corrected chi connectivity index (χ0v) is 11.5. The first kappa shape index (κ1) is 14.5. The van der Waals surface area contributed by atoms with Gasteiger partial charge in [-0.25, -0.2) is 8.42 Å². The fourth-order valence-corrected chi connectivity index (χ4v) is 2.66. The second-order valence-corrected chi connectivity index (χ2v) is 7.30. The zero-order chi connectivity index (χ0) is 13.4. The SMILES string of the molecule is O=[N+]([O-])c1cc(S(=O)(=O)C(F)(F)I)ccc1Cl. The standard InChI is InChI=1S/C7H3ClF2INO4S/c8-5-2-1-4(3-6(5)12(13)14)17(15,16)7(9,10)11/h1-3H. The van der Waals surface area contributed by atoms with Crippen LogP contribution in [0.2, 0.25) is 5.02 Å². The molecule has 0 bridgehead atoms. The number of hydrogen-bond donors (Lipinski definition) is 0. The summed E-state index contributed by atoms with van der Waals surface area (Å²) in [5.41, 5.74) is -0.742. The Hall–Kier alpha value is -0.550. The lowest BCUT2D eigenvalue weighted by Gasteiger charge is -2.09. The number of sulfone groups is 1. The molecule has 17 heavy (non-hydrogen) atoms. The highest BCUT2D eigenvalue weighted by atomic mass is 127. The summed E-state index contributed by atoms with van der Waals surface area (Å²) in [4.78, 5) is 8.68. The Balaban J connectivity index is 3.46. The summed E-state index contributed by atoms with van der Waals surface area (Å²) in [5.74, 6) is 0. The number of benzene rings is 1. The molecule has 0 spiro atoms. The highest BCUT2D eigenvalue weighted by molar-refractivity contribution is 14.1. The van der Waals surface area contributed by atoms with Gasteiger partial charge in [-0.2, -0.15) is 8.78 Å². The molecule has 0 unspecified atom stereocenters. The molecule has 0 radical (unpaired) electrons. The molecule has 0 amide bonds. The summed E-state index contributed by atoms with van der Waals surface area (Å²) in [6.45, 7) is 0. The van der Waals surface area contributed by atoms with E-state index in [2.05, 4.69) is 0 Å². The van der Waals surface area contributed by atoms with Crippen molar-refractivity contribution in [3.63, 3.8) is 0 Å². The predicted molar refractivity (Wildman–Crippen MR) is 64.3 cm³/mol. The van der Waals surface area contributed by atoms with E-state index in [1.807, 2.05) is 0 Å². The lowest BCUT2D eigenvalue weighted by Crippen LogP contribution is -2.21. The van der Waals surface area contributed by atoms with Crippen LogP contribution in [0.25, 0.3) is 0 Å². The first-order valence-electron chi connectivity index (χ1n) is 3.82. The molecule has 0 fully saturated rings. The van der Waals surface area contributed by atoms with E-state index < -0.39 is 28.6 Å². The van der Waals surface area contributed by atoms with Gasteiger partial charge in [-0.1, -0.05) is 11.6 Å². The molecule has 0 aliphatic carbocycles. The summed E-state index contributed by atoms with van der Waals surface area (Å²) >= 11 is 5.87. The van der Waals surface area contributed by atoms with Crippen LogP contribution in [0.5, 0.6) is 0 Å². The van der Waals surface area contributed by atoms with E-state index in [4.69, 9.17) is 11.6 Å². The molecule has 0 atom stereocenters. The number of rotatable bonds is 3. The van der Waals surface area contributed by atoms with E-state index in [1.165, 1.54) is 0 Å². The van der Waals surface area contributed by atoms with Gasteiger partial charge in [-0.05, 0) is 12.1 Å². The van der Waals surface area contributed by atoms with E-state index in [0.717, 1.165) is 12.1 Å². The molecule has 1 aromatic rings. The molecule has 10 heteroatoms. The molecule has 0 aromatic heterocycles. The smallest absolute Gasteiger partial charge is 0.258 e. The van der Waals surface area contributed by atoms with Gasteiger partial charge in [0.25, 0.3) is 15.5 Å². The number of hydrogen-bond acceptors (Lipinski definition) is 4. The van der Waals surface area contributed by atoms with Crippen LogP contribution < -0.4 is 0 Å². The van der Waals surface area contributed by atoms with Crippen molar-refractivity contribution in [3.8, 4) is 0 Å². The lowest BCUT2D eigenvalue weighted by atomic mass is 10.3. The van der Waals surface area contributed by atoms with Gasteiger partial charge >= 0.3 is 3.26 Å². The van der Waals surface area contributed by atoms with Crippen LogP contribution in [0.1, 0.15) is 0 Å². The minimum Gasteiger partial charge on any atom is -0.258 e. The van der Waals surface area contributed by atoms with Crippen LogP contribution in [0.15, 0.2) is 23.1 Å². The highest BCUT2D eigenvalue weighted by Crippen LogP contribution is 2.37. The molecule has 0 saturated heterocycles. The van der Waals surface area contributed by atoms with Gasteiger partial charge in [0.2, 0.25) is 0 Å². The maximum Gasteiger partial charge on any atom is 0.398 e. The fourth-order valence-electron chi connectivity index (χ4n) is 0.933. The van der Waals surface area contributed by atoms with Crippen LogP contribution >= 0.6 is 34.2 Å². The van der Waals surface area contributed by atoms with E-state index in [0.29, 0.717) is 28.7 Å². The summed E-state index contributed by atoms with van der Waals surface area (Å²) in [5, 5.41) is 10.2. The van der Waals surface area contributed by atoms with E-state index in [9.17, 15) is 27.3 Å². The summed E-state index contributed by atoms with van der Waals surface area (Å²) in [7, 11) is -4.96. The minimum absolute atomic E-state index is 0.328. The molecular formula is C7H3ClF2INO4S. The molecule has 0 aliphatic rings. The van der Waals surface area contributed by atoms with Crippen molar-refractivity contribution in [1.29, 1.82) is 0 Å². The Labute approximate surface area is 113 Å². The van der Waals surface area contributed by atoms with Crippen molar-refractivity contribution in [2.45, 2.75) is 8.16 Å². The van der Waals surface area contributed by atoms with Gasteiger partial charge in [-0.15, -0.1) is 0 Å². The summed E-state index contributed by atoms with van der Waals surface area (Å²) in [6.07, 6.45) is 0. The number of alkyl halides is 3. The van der Waals surface area contributed by atoms with Crippen LogP contribution in [0, 0.1) is 10.1 Å². The third kappa shape index (κ3) is 2.83. The van der Waals surface area contributed by atoms with Crippen molar-refractivity contribution in [3.05, 3.63) is 33.3 Å². The topological polar surface area (TPSA) is 77.3 Å². The molecular weight excluding hydrogens is 394 g/mol. The maximum atomic E-state index is 12.8. The number of nitro benzene ring substituents is 1. The first-order chi connectivity index (χ1) is 7.57. The Morgan fingerprint density at radius 2 is 1.94 bits per heavy atom. The van der Waals surface area contributed by atoms with Crippen molar-refractivity contribution < 1.29 is 22.1 Å². The van der Waals surface area contributed by atoms with Crippen LogP contribution in [0.3, 0.4) is 0 Å². The molecule has 0 heterocycles. The molecule has 94 valence electrons. The second-order valence-electron chi connectivity index (χ2n) is 2.82. The Kier molecular flexibility index (Phi) is 3.94. The lowest BCUT2D eigenvalue weighted by molar-refractivity contribution is -0.384.